The standard InChI is InChI=1S/C15H9ClFNO/c16-11-7-5-10(6-8-11)13-9-19-18-15(13)12-3-1-2-4-14(12)17/h1-9H/p+1. The molecule has 3 rings (SSSR count). The lowest BCUT2D eigenvalue weighted by Crippen LogP contribution is -2.01. The quantitative estimate of drug-likeness (QED) is 0.687. The van der Waals surface area contributed by atoms with Gasteiger partial charge in [0.2, 0.25) is 0 Å². The summed E-state index contributed by atoms with van der Waals surface area (Å²) >= 11 is 5.86. The Labute approximate surface area is 114 Å². The van der Waals surface area contributed by atoms with E-state index in [0.29, 0.717) is 16.3 Å². The first-order chi connectivity index (χ1) is 9.25. The van der Waals surface area contributed by atoms with Crippen molar-refractivity contribution in [2.75, 3.05) is 0 Å². The number of aromatic nitrogens is 1. The second kappa shape index (κ2) is 4.86. The molecular formula is C15H10ClFNO+. The van der Waals surface area contributed by atoms with Crippen LogP contribution in [0.15, 0.2) is 59.3 Å². The molecule has 0 bridgehead atoms. The zero-order valence-electron chi connectivity index (χ0n) is 9.86. The Balaban J connectivity index is 2.13. The Kier molecular flexibility index (Phi) is 3.05. The minimum Gasteiger partial charge on any atom is -0.246 e. The number of rotatable bonds is 2. The van der Waals surface area contributed by atoms with Crippen molar-refractivity contribution in [2.24, 2.45) is 0 Å². The van der Waals surface area contributed by atoms with Crippen molar-refractivity contribution >= 4 is 11.6 Å². The summed E-state index contributed by atoms with van der Waals surface area (Å²) in [7, 11) is 0. The van der Waals surface area contributed by atoms with E-state index in [1.165, 1.54) is 6.07 Å². The number of hydrogen-bond donors (Lipinski definition) is 0. The lowest BCUT2D eigenvalue weighted by Gasteiger charge is -1.99. The van der Waals surface area contributed by atoms with Gasteiger partial charge in [0, 0.05) is 5.02 Å². The zero-order chi connectivity index (χ0) is 13.2. The maximum atomic E-state index is 13.8. The van der Waals surface area contributed by atoms with Gasteiger partial charge in [0.15, 0.2) is 6.26 Å². The van der Waals surface area contributed by atoms with Gasteiger partial charge in [-0.05, 0) is 35.0 Å². The van der Waals surface area contributed by atoms with E-state index in [1.54, 1.807) is 36.6 Å². The molecular weight excluding hydrogens is 265 g/mol. The van der Waals surface area contributed by atoms with Crippen LogP contribution in [0.25, 0.3) is 22.4 Å². The van der Waals surface area contributed by atoms with Crippen LogP contribution in [0.5, 0.6) is 0 Å². The molecule has 0 radical (unpaired) electrons. The molecule has 0 saturated carbocycles. The molecule has 2 nitrogen and oxygen atoms in total. The van der Waals surface area contributed by atoms with Crippen LogP contribution in [-0.4, -0.2) is 0 Å². The third-order valence-electron chi connectivity index (χ3n) is 2.91. The lowest BCUT2D eigenvalue weighted by molar-refractivity contribution is -0.599. The van der Waals surface area contributed by atoms with Crippen molar-refractivity contribution in [1.29, 1.82) is 0 Å². The summed E-state index contributed by atoms with van der Waals surface area (Å²) in [6.07, 6.45) is 1.56. The summed E-state index contributed by atoms with van der Waals surface area (Å²) in [5.41, 5.74) is 2.79. The molecule has 1 heterocycles. The Morgan fingerprint density at radius 3 is 2.42 bits per heavy atom. The highest BCUT2D eigenvalue weighted by molar-refractivity contribution is 6.30. The first-order valence-corrected chi connectivity index (χ1v) is 6.13. The fourth-order valence-electron chi connectivity index (χ4n) is 1.97. The largest absolute Gasteiger partial charge is 0.269 e. The second-order valence-electron chi connectivity index (χ2n) is 4.11. The summed E-state index contributed by atoms with van der Waals surface area (Å²) in [5, 5.41) is 3.38. The number of nitrogens with one attached hydrogen (secondary N) is 1. The summed E-state index contributed by atoms with van der Waals surface area (Å²) in [6, 6.07) is 13.9. The minimum absolute atomic E-state index is 0.296. The van der Waals surface area contributed by atoms with Gasteiger partial charge in [-0.3, -0.25) is 0 Å². The first-order valence-electron chi connectivity index (χ1n) is 5.76. The van der Waals surface area contributed by atoms with E-state index >= 15 is 0 Å². The van der Waals surface area contributed by atoms with E-state index in [-0.39, 0.29) is 5.82 Å². The maximum Gasteiger partial charge on any atom is 0.269 e. The fourth-order valence-corrected chi connectivity index (χ4v) is 2.09. The number of halogens is 2. The number of hydrogen-bond acceptors (Lipinski definition) is 1. The number of benzene rings is 2. The molecule has 0 aliphatic rings. The molecule has 4 heteroatoms. The molecule has 0 aliphatic carbocycles. The topological polar surface area (TPSA) is 27.3 Å². The summed E-state index contributed by atoms with van der Waals surface area (Å²) in [4.78, 5) is 0. The highest BCUT2D eigenvalue weighted by atomic mass is 35.5. The summed E-state index contributed by atoms with van der Waals surface area (Å²) in [6.45, 7) is 0. The van der Waals surface area contributed by atoms with E-state index in [0.717, 1.165) is 11.1 Å². The van der Waals surface area contributed by atoms with E-state index in [4.69, 9.17) is 16.1 Å². The molecule has 1 N–H and O–H groups in total. The SMILES string of the molecule is Fc1ccccc1-c1[nH+]occ1-c1ccc(Cl)cc1. The maximum absolute atomic E-state index is 13.8. The first kappa shape index (κ1) is 11.9. The van der Waals surface area contributed by atoms with Crippen molar-refractivity contribution in [1.82, 2.24) is 0 Å². The highest BCUT2D eigenvalue weighted by Crippen LogP contribution is 2.30. The molecule has 19 heavy (non-hydrogen) atoms. The molecule has 0 amide bonds. The van der Waals surface area contributed by atoms with Gasteiger partial charge in [-0.2, -0.15) is 0 Å². The molecule has 1 aromatic heterocycles. The van der Waals surface area contributed by atoms with Crippen molar-refractivity contribution < 1.29 is 14.1 Å². The summed E-state index contributed by atoms with van der Waals surface area (Å²) in [5.74, 6) is -0.296. The number of aromatic amines is 1. The van der Waals surface area contributed by atoms with Crippen molar-refractivity contribution in [3.8, 4) is 22.4 Å². The lowest BCUT2D eigenvalue weighted by atomic mass is 10.0. The van der Waals surface area contributed by atoms with E-state index in [9.17, 15) is 4.39 Å². The van der Waals surface area contributed by atoms with E-state index in [1.807, 2.05) is 12.1 Å². The Bertz CT molecular complexity index is 706. The average molecular weight is 275 g/mol. The van der Waals surface area contributed by atoms with Gasteiger partial charge in [0.05, 0.1) is 5.56 Å². The molecule has 0 saturated heterocycles. The predicted molar refractivity (Wildman–Crippen MR) is 71.1 cm³/mol. The van der Waals surface area contributed by atoms with Gasteiger partial charge in [-0.15, -0.1) is 0 Å². The van der Waals surface area contributed by atoms with Crippen LogP contribution < -0.4 is 5.16 Å². The van der Waals surface area contributed by atoms with Gasteiger partial charge >= 0.3 is 0 Å². The molecule has 0 fully saturated rings. The molecule has 0 unspecified atom stereocenters. The fraction of sp³-hybridized carbons (Fsp3) is 0. The number of H-pyrrole nitrogens is 1. The van der Waals surface area contributed by atoms with Crippen LogP contribution in [-0.2, 0) is 0 Å². The molecule has 0 spiro atoms. The van der Waals surface area contributed by atoms with Crippen LogP contribution >= 0.6 is 11.6 Å². The van der Waals surface area contributed by atoms with Crippen LogP contribution in [0.3, 0.4) is 0 Å². The molecule has 0 atom stereocenters. The van der Waals surface area contributed by atoms with Gasteiger partial charge < -0.3 is 0 Å². The Hall–Kier alpha value is -2.13. The van der Waals surface area contributed by atoms with Crippen LogP contribution in [0.2, 0.25) is 5.02 Å². The molecule has 0 aliphatic heterocycles. The average Bonchev–Trinajstić information content (AvgIpc) is 2.89. The molecule has 3 aromatic rings. The second-order valence-corrected chi connectivity index (χ2v) is 4.55. The highest BCUT2D eigenvalue weighted by Gasteiger charge is 2.20. The van der Waals surface area contributed by atoms with Crippen molar-refractivity contribution in [2.45, 2.75) is 0 Å². The van der Waals surface area contributed by atoms with Gasteiger partial charge in [-0.25, -0.2) is 8.91 Å². The molecule has 94 valence electrons. The van der Waals surface area contributed by atoms with Crippen LogP contribution in [0.1, 0.15) is 0 Å². The van der Waals surface area contributed by atoms with Crippen LogP contribution in [0.4, 0.5) is 4.39 Å². The minimum atomic E-state index is -0.296. The van der Waals surface area contributed by atoms with Crippen LogP contribution in [0, 0.1) is 5.82 Å². The van der Waals surface area contributed by atoms with Crippen molar-refractivity contribution in [3.05, 3.63) is 65.6 Å². The van der Waals surface area contributed by atoms with Gasteiger partial charge in [-0.1, -0.05) is 35.9 Å². The predicted octanol–water partition coefficient (Wildman–Crippen LogP) is 4.22. The monoisotopic (exact) mass is 274 g/mol. The summed E-state index contributed by atoms with van der Waals surface area (Å²) < 4.78 is 18.9. The normalized spacial score (nSPS) is 10.6. The van der Waals surface area contributed by atoms with E-state index in [2.05, 4.69) is 5.16 Å². The smallest absolute Gasteiger partial charge is 0.246 e. The Morgan fingerprint density at radius 1 is 0.947 bits per heavy atom. The van der Waals surface area contributed by atoms with E-state index < -0.39 is 0 Å². The van der Waals surface area contributed by atoms with Gasteiger partial charge in [0.25, 0.3) is 5.69 Å². The third-order valence-corrected chi connectivity index (χ3v) is 3.16. The third kappa shape index (κ3) is 2.25. The zero-order valence-corrected chi connectivity index (χ0v) is 10.6. The molecule has 2 aromatic carbocycles. The van der Waals surface area contributed by atoms with Crippen molar-refractivity contribution in [3.63, 3.8) is 0 Å². The Morgan fingerprint density at radius 2 is 1.68 bits per heavy atom. The van der Waals surface area contributed by atoms with Gasteiger partial charge in [0.1, 0.15) is 11.4 Å².